The van der Waals surface area contributed by atoms with Gasteiger partial charge in [-0.3, -0.25) is 4.79 Å². The van der Waals surface area contributed by atoms with Gasteiger partial charge in [0, 0.05) is 24.8 Å². The molecule has 2 aromatic rings. The summed E-state index contributed by atoms with van der Waals surface area (Å²) < 4.78 is 18.6. The fourth-order valence-electron chi connectivity index (χ4n) is 3.86. The first-order valence-corrected chi connectivity index (χ1v) is 10.8. The normalized spacial score (nSPS) is 18.4. The largest absolute Gasteiger partial charge is 0.497 e. The van der Waals surface area contributed by atoms with E-state index in [4.69, 9.17) is 4.74 Å². The maximum absolute atomic E-state index is 13.4. The third kappa shape index (κ3) is 5.96. The minimum absolute atomic E-state index is 0.128. The molecule has 6 nitrogen and oxygen atoms in total. The van der Waals surface area contributed by atoms with Crippen LogP contribution in [0.2, 0.25) is 0 Å². The van der Waals surface area contributed by atoms with Crippen molar-refractivity contribution in [3.05, 3.63) is 59.9 Å². The van der Waals surface area contributed by atoms with Crippen LogP contribution in [0.25, 0.3) is 0 Å². The molecule has 2 aromatic carbocycles. The van der Waals surface area contributed by atoms with Crippen molar-refractivity contribution in [1.29, 1.82) is 0 Å². The number of urea groups is 1. The monoisotopic (exact) mass is 427 g/mol. The van der Waals surface area contributed by atoms with E-state index in [1.165, 1.54) is 12.1 Å². The van der Waals surface area contributed by atoms with Crippen LogP contribution in [0.4, 0.5) is 14.9 Å². The zero-order valence-electron chi connectivity index (χ0n) is 18.1. The van der Waals surface area contributed by atoms with Crippen molar-refractivity contribution >= 4 is 17.6 Å². The number of likely N-dealkylation sites (tertiary alicyclic amines) is 1. The molecule has 1 fully saturated rings. The summed E-state index contributed by atoms with van der Waals surface area (Å²) in [5, 5.41) is 5.89. The second kappa shape index (κ2) is 10.8. The van der Waals surface area contributed by atoms with Gasteiger partial charge in [0.2, 0.25) is 5.91 Å². The van der Waals surface area contributed by atoms with Crippen LogP contribution < -0.4 is 15.4 Å². The molecule has 2 unspecified atom stereocenters. The van der Waals surface area contributed by atoms with Gasteiger partial charge in [0.25, 0.3) is 0 Å². The minimum Gasteiger partial charge on any atom is -0.497 e. The summed E-state index contributed by atoms with van der Waals surface area (Å²) in [7, 11) is 1.58. The number of halogens is 1. The molecule has 7 heteroatoms. The SMILES string of the molecule is CCCCNC(=O)N1CC(C(=O)Nc2cccc(OC)c2)CCC1c1ccc(F)cc1. The second-order valence-corrected chi connectivity index (χ2v) is 7.80. The van der Waals surface area contributed by atoms with Gasteiger partial charge in [-0.1, -0.05) is 31.5 Å². The number of rotatable bonds is 7. The van der Waals surface area contributed by atoms with Gasteiger partial charge in [-0.15, -0.1) is 0 Å². The molecule has 1 aliphatic heterocycles. The molecule has 0 aliphatic carbocycles. The Balaban J connectivity index is 1.73. The van der Waals surface area contributed by atoms with Gasteiger partial charge < -0.3 is 20.3 Å². The van der Waals surface area contributed by atoms with Crippen molar-refractivity contribution in [3.63, 3.8) is 0 Å². The summed E-state index contributed by atoms with van der Waals surface area (Å²) in [4.78, 5) is 27.6. The molecule has 0 radical (unpaired) electrons. The third-order valence-corrected chi connectivity index (χ3v) is 5.61. The smallest absolute Gasteiger partial charge is 0.317 e. The van der Waals surface area contributed by atoms with E-state index in [0.29, 0.717) is 37.4 Å². The lowest BCUT2D eigenvalue weighted by Gasteiger charge is -2.39. The average Bonchev–Trinajstić information content (AvgIpc) is 2.79. The molecule has 1 heterocycles. The number of piperidine rings is 1. The summed E-state index contributed by atoms with van der Waals surface area (Å²) >= 11 is 0. The van der Waals surface area contributed by atoms with Crippen LogP contribution in [-0.4, -0.2) is 37.0 Å². The molecule has 1 saturated heterocycles. The standard InChI is InChI=1S/C24H30FN3O3/c1-3-4-14-26-24(30)28-16-18(10-13-22(28)17-8-11-19(25)12-9-17)23(29)27-20-6-5-7-21(15-20)31-2/h5-9,11-12,15,18,22H,3-4,10,13-14,16H2,1-2H3,(H,26,30)(H,27,29). The summed E-state index contributed by atoms with van der Waals surface area (Å²) in [5.74, 6) is -0.110. The molecular formula is C24H30FN3O3. The van der Waals surface area contributed by atoms with Gasteiger partial charge >= 0.3 is 6.03 Å². The van der Waals surface area contributed by atoms with Gasteiger partial charge in [-0.2, -0.15) is 0 Å². The van der Waals surface area contributed by atoms with Gasteiger partial charge in [0.15, 0.2) is 0 Å². The van der Waals surface area contributed by atoms with Crippen molar-refractivity contribution in [3.8, 4) is 5.75 Å². The molecule has 0 bridgehead atoms. The van der Waals surface area contributed by atoms with Gasteiger partial charge in [-0.05, 0) is 49.1 Å². The Hall–Kier alpha value is -3.09. The summed E-state index contributed by atoms with van der Waals surface area (Å²) in [6, 6.07) is 13.0. The number of hydrogen-bond acceptors (Lipinski definition) is 3. The maximum atomic E-state index is 13.4. The van der Waals surface area contributed by atoms with Crippen LogP contribution in [0.3, 0.4) is 0 Å². The fourth-order valence-corrected chi connectivity index (χ4v) is 3.86. The number of methoxy groups -OCH3 is 1. The molecule has 2 N–H and O–H groups in total. The number of carbonyl (C=O) groups excluding carboxylic acids is 2. The van der Waals surface area contributed by atoms with Crippen LogP contribution in [0.1, 0.15) is 44.2 Å². The highest BCUT2D eigenvalue weighted by Crippen LogP contribution is 2.34. The number of unbranched alkanes of at least 4 members (excludes halogenated alkanes) is 1. The zero-order chi connectivity index (χ0) is 22.2. The van der Waals surface area contributed by atoms with Crippen molar-refractivity contribution in [2.45, 2.75) is 38.6 Å². The molecule has 166 valence electrons. The first kappa shape index (κ1) is 22.6. The molecule has 2 atom stereocenters. The van der Waals surface area contributed by atoms with Gasteiger partial charge in [0.1, 0.15) is 11.6 Å². The average molecular weight is 428 g/mol. The first-order valence-electron chi connectivity index (χ1n) is 10.8. The molecule has 31 heavy (non-hydrogen) atoms. The van der Waals surface area contributed by atoms with Crippen LogP contribution in [0, 0.1) is 11.7 Å². The van der Waals surface area contributed by atoms with E-state index in [0.717, 1.165) is 18.4 Å². The van der Waals surface area contributed by atoms with E-state index < -0.39 is 0 Å². The van der Waals surface area contributed by atoms with E-state index in [9.17, 15) is 14.0 Å². The number of amides is 3. The Labute approximate surface area is 182 Å². The van der Waals surface area contributed by atoms with E-state index >= 15 is 0 Å². The van der Waals surface area contributed by atoms with Crippen LogP contribution in [-0.2, 0) is 4.79 Å². The van der Waals surface area contributed by atoms with Crippen LogP contribution in [0.5, 0.6) is 5.75 Å². The number of nitrogens with zero attached hydrogens (tertiary/aromatic N) is 1. The number of anilines is 1. The predicted molar refractivity (Wildman–Crippen MR) is 119 cm³/mol. The lowest BCUT2D eigenvalue weighted by Crippen LogP contribution is -2.49. The number of benzene rings is 2. The number of carbonyl (C=O) groups is 2. The Bertz CT molecular complexity index is 888. The topological polar surface area (TPSA) is 70.7 Å². The lowest BCUT2D eigenvalue weighted by atomic mass is 9.88. The lowest BCUT2D eigenvalue weighted by molar-refractivity contribution is -0.121. The van der Waals surface area contributed by atoms with E-state index in [2.05, 4.69) is 17.6 Å². The summed E-state index contributed by atoms with van der Waals surface area (Å²) in [6.07, 6.45) is 3.13. The number of nitrogens with one attached hydrogen (secondary N) is 2. The molecule has 3 amide bonds. The van der Waals surface area contributed by atoms with E-state index in [1.54, 1.807) is 36.3 Å². The third-order valence-electron chi connectivity index (χ3n) is 5.61. The molecule has 0 spiro atoms. The Morgan fingerprint density at radius 1 is 1.16 bits per heavy atom. The highest BCUT2D eigenvalue weighted by Gasteiger charge is 2.35. The quantitative estimate of drug-likeness (QED) is 0.627. The fraction of sp³-hybridized carbons (Fsp3) is 0.417. The second-order valence-electron chi connectivity index (χ2n) is 7.80. The molecule has 0 aromatic heterocycles. The van der Waals surface area contributed by atoms with Crippen LogP contribution in [0.15, 0.2) is 48.5 Å². The van der Waals surface area contributed by atoms with E-state index in [1.807, 2.05) is 12.1 Å². The minimum atomic E-state index is -0.333. The van der Waals surface area contributed by atoms with Crippen LogP contribution >= 0.6 is 0 Å². The Morgan fingerprint density at radius 2 is 1.94 bits per heavy atom. The molecule has 0 saturated carbocycles. The van der Waals surface area contributed by atoms with Gasteiger partial charge in [-0.25, -0.2) is 9.18 Å². The first-order chi connectivity index (χ1) is 15.0. The van der Waals surface area contributed by atoms with Crippen molar-refractivity contribution in [2.24, 2.45) is 5.92 Å². The molecule has 3 rings (SSSR count). The highest BCUT2D eigenvalue weighted by molar-refractivity contribution is 5.93. The van der Waals surface area contributed by atoms with Gasteiger partial charge in [0.05, 0.1) is 19.1 Å². The number of hydrogen-bond donors (Lipinski definition) is 2. The molecular weight excluding hydrogens is 397 g/mol. The maximum Gasteiger partial charge on any atom is 0.317 e. The van der Waals surface area contributed by atoms with E-state index in [-0.39, 0.29) is 29.7 Å². The Morgan fingerprint density at radius 3 is 2.65 bits per heavy atom. The summed E-state index contributed by atoms with van der Waals surface area (Å²) in [5.41, 5.74) is 1.53. The zero-order valence-corrected chi connectivity index (χ0v) is 18.1. The van der Waals surface area contributed by atoms with Crippen molar-refractivity contribution < 1.29 is 18.7 Å². The Kier molecular flexibility index (Phi) is 7.87. The predicted octanol–water partition coefficient (Wildman–Crippen LogP) is 4.74. The highest BCUT2D eigenvalue weighted by atomic mass is 19.1. The van der Waals surface area contributed by atoms with Crippen molar-refractivity contribution in [2.75, 3.05) is 25.5 Å². The number of ether oxygens (including phenoxy) is 1. The molecule has 1 aliphatic rings. The van der Waals surface area contributed by atoms with Crippen molar-refractivity contribution in [1.82, 2.24) is 10.2 Å². The summed E-state index contributed by atoms with van der Waals surface area (Å²) in [6.45, 7) is 2.95.